The molecule has 0 aromatic carbocycles. The Morgan fingerprint density at radius 1 is 1.54 bits per heavy atom. The number of likely N-dealkylation sites (tertiary alicyclic amines) is 1. The van der Waals surface area contributed by atoms with E-state index in [-0.39, 0.29) is 18.1 Å². The molecular weight excluding hydrogens is 170 g/mol. The van der Waals surface area contributed by atoms with Crippen molar-refractivity contribution in [2.75, 3.05) is 13.7 Å². The molecule has 0 N–H and O–H groups in total. The number of β-lactam (4-membered cyclic amide) rings is 1. The van der Waals surface area contributed by atoms with E-state index in [2.05, 4.69) is 0 Å². The number of likely N-dealkylation sites (N-methyl/N-ethyl adjacent to an activating group) is 1. The highest BCUT2D eigenvalue weighted by Gasteiger charge is 2.45. The summed E-state index contributed by atoms with van der Waals surface area (Å²) < 4.78 is 11.1. The minimum atomic E-state index is -0.482. The Labute approximate surface area is 77.8 Å². The third-order valence-electron chi connectivity index (χ3n) is 2.73. The van der Waals surface area contributed by atoms with Crippen LogP contribution < -0.4 is 0 Å². The minimum Gasteiger partial charge on any atom is -0.348 e. The molecule has 0 bridgehead atoms. The standard InChI is InChI=1S/C9H15NO3/c1-9(2)12-5-7(13-9)6-4-8(11)10(6)3/h6-7H,4-5H2,1-3H3/t6-,7-/m0/s1. The van der Waals surface area contributed by atoms with Crippen LogP contribution in [-0.2, 0) is 14.3 Å². The molecule has 0 radical (unpaired) electrons. The van der Waals surface area contributed by atoms with Crippen LogP contribution >= 0.6 is 0 Å². The Balaban J connectivity index is 1.94. The third-order valence-corrected chi connectivity index (χ3v) is 2.73. The summed E-state index contributed by atoms with van der Waals surface area (Å²) in [5, 5.41) is 0. The first-order valence-corrected chi connectivity index (χ1v) is 4.57. The number of ether oxygens (including phenoxy) is 2. The van der Waals surface area contributed by atoms with Gasteiger partial charge in [-0.1, -0.05) is 0 Å². The van der Waals surface area contributed by atoms with E-state index in [1.807, 2.05) is 20.9 Å². The molecule has 0 unspecified atom stereocenters. The SMILES string of the molecule is CN1C(=O)C[C@H]1[C@@H]1COC(C)(C)O1. The second-order valence-electron chi connectivity index (χ2n) is 4.14. The number of amides is 1. The summed E-state index contributed by atoms with van der Waals surface area (Å²) in [5.41, 5.74) is 0. The largest absolute Gasteiger partial charge is 0.348 e. The fourth-order valence-electron chi connectivity index (χ4n) is 1.82. The quantitative estimate of drug-likeness (QED) is 0.554. The highest BCUT2D eigenvalue weighted by molar-refractivity contribution is 5.83. The van der Waals surface area contributed by atoms with Gasteiger partial charge in [0.2, 0.25) is 5.91 Å². The normalized spacial score (nSPS) is 37.8. The number of carbonyl (C=O) groups excluding carboxylic acids is 1. The van der Waals surface area contributed by atoms with Crippen LogP contribution in [0.2, 0.25) is 0 Å². The second kappa shape index (κ2) is 2.69. The summed E-state index contributed by atoms with van der Waals surface area (Å²) in [6.07, 6.45) is 0.651. The maximum absolute atomic E-state index is 11.0. The lowest BCUT2D eigenvalue weighted by molar-refractivity contribution is -0.165. The van der Waals surface area contributed by atoms with E-state index < -0.39 is 5.79 Å². The molecule has 2 rings (SSSR count). The fourth-order valence-corrected chi connectivity index (χ4v) is 1.82. The molecule has 13 heavy (non-hydrogen) atoms. The predicted molar refractivity (Wildman–Crippen MR) is 46.1 cm³/mol. The van der Waals surface area contributed by atoms with Gasteiger partial charge in [0, 0.05) is 13.5 Å². The molecule has 4 nitrogen and oxygen atoms in total. The predicted octanol–water partition coefficient (Wildman–Crippen LogP) is 0.369. The Bertz CT molecular complexity index is 239. The molecular formula is C9H15NO3. The van der Waals surface area contributed by atoms with Gasteiger partial charge in [-0.15, -0.1) is 0 Å². The molecule has 0 aromatic heterocycles. The maximum Gasteiger partial charge on any atom is 0.224 e. The van der Waals surface area contributed by atoms with Crippen LogP contribution in [0.15, 0.2) is 0 Å². The first-order chi connectivity index (χ1) is 5.99. The molecule has 2 aliphatic rings. The van der Waals surface area contributed by atoms with Crippen LogP contribution in [0, 0.1) is 0 Å². The average molecular weight is 185 g/mol. The van der Waals surface area contributed by atoms with Crippen molar-refractivity contribution < 1.29 is 14.3 Å². The summed E-state index contributed by atoms with van der Waals surface area (Å²) in [5.74, 6) is -0.289. The van der Waals surface area contributed by atoms with Crippen molar-refractivity contribution in [1.29, 1.82) is 0 Å². The highest BCUT2D eigenvalue weighted by atomic mass is 16.7. The fraction of sp³-hybridized carbons (Fsp3) is 0.889. The molecule has 2 heterocycles. The molecule has 0 aliphatic carbocycles. The molecule has 1 amide bonds. The summed E-state index contributed by atoms with van der Waals surface area (Å²) in [6, 6.07) is 0.217. The van der Waals surface area contributed by atoms with Crippen molar-refractivity contribution >= 4 is 5.91 Å². The van der Waals surface area contributed by atoms with Gasteiger partial charge >= 0.3 is 0 Å². The molecule has 4 heteroatoms. The molecule has 74 valence electrons. The smallest absolute Gasteiger partial charge is 0.224 e. The summed E-state index contributed by atoms with van der Waals surface area (Å²) in [4.78, 5) is 12.7. The van der Waals surface area contributed by atoms with Crippen LogP contribution in [0.1, 0.15) is 20.3 Å². The lowest BCUT2D eigenvalue weighted by Gasteiger charge is -2.40. The van der Waals surface area contributed by atoms with E-state index in [9.17, 15) is 4.79 Å². The zero-order valence-electron chi connectivity index (χ0n) is 8.24. The summed E-state index contributed by atoms with van der Waals surface area (Å²) in [7, 11) is 1.81. The van der Waals surface area contributed by atoms with E-state index in [0.29, 0.717) is 13.0 Å². The van der Waals surface area contributed by atoms with Crippen molar-refractivity contribution in [2.45, 2.75) is 38.2 Å². The molecule has 2 aliphatic heterocycles. The number of rotatable bonds is 1. The first kappa shape index (κ1) is 8.97. The highest BCUT2D eigenvalue weighted by Crippen LogP contribution is 2.31. The number of nitrogens with zero attached hydrogens (tertiary/aromatic N) is 1. The van der Waals surface area contributed by atoms with E-state index in [4.69, 9.17) is 9.47 Å². The van der Waals surface area contributed by atoms with Crippen LogP contribution in [0.3, 0.4) is 0 Å². The minimum absolute atomic E-state index is 0.0534. The van der Waals surface area contributed by atoms with Gasteiger partial charge in [-0.25, -0.2) is 0 Å². The van der Waals surface area contributed by atoms with E-state index in [0.717, 1.165) is 0 Å². The topological polar surface area (TPSA) is 38.8 Å². The van der Waals surface area contributed by atoms with Crippen LogP contribution in [-0.4, -0.2) is 42.4 Å². The van der Waals surface area contributed by atoms with Gasteiger partial charge in [-0.3, -0.25) is 4.79 Å². The maximum atomic E-state index is 11.0. The summed E-state index contributed by atoms with van der Waals surface area (Å²) >= 11 is 0. The average Bonchev–Trinajstić information content (AvgIpc) is 2.40. The lowest BCUT2D eigenvalue weighted by Crippen LogP contribution is -2.56. The first-order valence-electron chi connectivity index (χ1n) is 4.57. The number of carbonyl (C=O) groups is 1. The van der Waals surface area contributed by atoms with Gasteiger partial charge < -0.3 is 14.4 Å². The van der Waals surface area contributed by atoms with Gasteiger partial charge in [0.1, 0.15) is 6.10 Å². The molecule has 0 spiro atoms. The Hall–Kier alpha value is -0.610. The Morgan fingerprint density at radius 2 is 2.23 bits per heavy atom. The summed E-state index contributed by atoms with van der Waals surface area (Å²) in [6.45, 7) is 4.39. The van der Waals surface area contributed by atoms with Crippen molar-refractivity contribution in [3.63, 3.8) is 0 Å². The van der Waals surface area contributed by atoms with E-state index in [1.165, 1.54) is 0 Å². The Morgan fingerprint density at radius 3 is 2.62 bits per heavy atom. The van der Waals surface area contributed by atoms with Crippen molar-refractivity contribution in [2.24, 2.45) is 0 Å². The number of hydrogen-bond acceptors (Lipinski definition) is 3. The third kappa shape index (κ3) is 1.44. The Kier molecular flexibility index (Phi) is 1.85. The van der Waals surface area contributed by atoms with Crippen molar-refractivity contribution in [3.8, 4) is 0 Å². The van der Waals surface area contributed by atoms with Gasteiger partial charge in [-0.2, -0.15) is 0 Å². The monoisotopic (exact) mass is 185 g/mol. The van der Waals surface area contributed by atoms with Crippen LogP contribution in [0.4, 0.5) is 0 Å². The zero-order valence-corrected chi connectivity index (χ0v) is 8.24. The van der Waals surface area contributed by atoms with Crippen LogP contribution in [0.25, 0.3) is 0 Å². The van der Waals surface area contributed by atoms with E-state index in [1.54, 1.807) is 4.90 Å². The zero-order chi connectivity index (χ0) is 9.64. The second-order valence-corrected chi connectivity index (χ2v) is 4.14. The lowest BCUT2D eigenvalue weighted by atomic mass is 9.98. The molecule has 2 fully saturated rings. The molecule has 0 aromatic rings. The number of hydrogen-bond donors (Lipinski definition) is 0. The molecule has 0 saturated carbocycles. The molecule has 2 atom stereocenters. The van der Waals surface area contributed by atoms with Gasteiger partial charge in [0.25, 0.3) is 0 Å². The molecule has 2 saturated heterocycles. The van der Waals surface area contributed by atoms with Crippen molar-refractivity contribution in [1.82, 2.24) is 4.90 Å². The van der Waals surface area contributed by atoms with Crippen molar-refractivity contribution in [3.05, 3.63) is 0 Å². The van der Waals surface area contributed by atoms with Gasteiger partial charge in [0.15, 0.2) is 5.79 Å². The van der Waals surface area contributed by atoms with E-state index >= 15 is 0 Å². The van der Waals surface area contributed by atoms with Gasteiger partial charge in [0.05, 0.1) is 12.6 Å². The van der Waals surface area contributed by atoms with Crippen LogP contribution in [0.5, 0.6) is 0 Å². The van der Waals surface area contributed by atoms with Gasteiger partial charge in [-0.05, 0) is 13.8 Å².